The minimum Gasteiger partial charge on any atom is -0.368 e. The van der Waals surface area contributed by atoms with Crippen LogP contribution in [0.1, 0.15) is 65.7 Å². The fourth-order valence-corrected chi connectivity index (χ4v) is 4.57. The average molecular weight is 383 g/mol. The molecule has 0 saturated heterocycles. The van der Waals surface area contributed by atoms with Gasteiger partial charge in [0.15, 0.2) is 0 Å². The molecule has 4 heteroatoms. The number of aromatic nitrogens is 1. The first kappa shape index (κ1) is 20.8. The molecule has 1 saturated carbocycles. The molecule has 1 aliphatic carbocycles. The van der Waals surface area contributed by atoms with Crippen LogP contribution < -0.4 is 16.1 Å². The number of hydrogen-bond donors (Lipinski definition) is 2. The molecule has 154 valence electrons. The molecule has 0 spiro atoms. The summed E-state index contributed by atoms with van der Waals surface area (Å²) in [6, 6.07) is 4.25. The molecular weight excluding hydrogens is 344 g/mol. The van der Waals surface area contributed by atoms with Crippen molar-refractivity contribution in [1.82, 2.24) is 9.88 Å². The second kappa shape index (κ2) is 9.99. The van der Waals surface area contributed by atoms with Crippen molar-refractivity contribution in [2.45, 2.75) is 65.7 Å². The SMILES string of the molecule is CCCC1=C(Nc2ccn(C)/c(=N\CC)c2)NCC(C(C)C2CCCCC2)=C1. The van der Waals surface area contributed by atoms with Gasteiger partial charge in [0.25, 0.3) is 0 Å². The lowest BCUT2D eigenvalue weighted by Crippen LogP contribution is -2.31. The van der Waals surface area contributed by atoms with Gasteiger partial charge in [0.1, 0.15) is 11.3 Å². The summed E-state index contributed by atoms with van der Waals surface area (Å²) in [5.74, 6) is 2.72. The van der Waals surface area contributed by atoms with Gasteiger partial charge >= 0.3 is 0 Å². The Balaban J connectivity index is 1.82. The van der Waals surface area contributed by atoms with Crippen LogP contribution in [0.4, 0.5) is 5.69 Å². The van der Waals surface area contributed by atoms with E-state index >= 15 is 0 Å². The summed E-state index contributed by atoms with van der Waals surface area (Å²) in [5, 5.41) is 7.33. The van der Waals surface area contributed by atoms with E-state index in [2.05, 4.69) is 65.4 Å². The first-order chi connectivity index (χ1) is 13.6. The third kappa shape index (κ3) is 5.09. The molecule has 0 aromatic carbocycles. The summed E-state index contributed by atoms with van der Waals surface area (Å²) >= 11 is 0. The molecule has 0 radical (unpaired) electrons. The lowest BCUT2D eigenvalue weighted by Gasteiger charge is -2.32. The van der Waals surface area contributed by atoms with E-state index in [0.717, 1.165) is 48.8 Å². The molecule has 1 aromatic rings. The zero-order valence-corrected chi connectivity index (χ0v) is 18.2. The quantitative estimate of drug-likeness (QED) is 0.687. The highest BCUT2D eigenvalue weighted by molar-refractivity contribution is 5.50. The van der Waals surface area contributed by atoms with E-state index in [4.69, 9.17) is 0 Å². The molecule has 2 aliphatic rings. The standard InChI is InChI=1S/C24H38N4/c1-5-10-20-15-21(18(3)19-11-8-7-9-12-19)17-26-24(20)27-22-13-14-28(4)23(16-22)25-6-2/h13-16,18-19,26-27H,5-12,17H2,1-4H3/b25-23-. The highest BCUT2D eigenvalue weighted by Gasteiger charge is 2.25. The van der Waals surface area contributed by atoms with Crippen LogP contribution >= 0.6 is 0 Å². The van der Waals surface area contributed by atoms with Crippen LogP contribution in [0.25, 0.3) is 0 Å². The number of dihydropyridines is 1. The van der Waals surface area contributed by atoms with Crippen LogP contribution in [0, 0.1) is 11.8 Å². The third-order valence-corrected chi connectivity index (χ3v) is 6.32. The maximum atomic E-state index is 4.58. The topological polar surface area (TPSA) is 41.4 Å². The van der Waals surface area contributed by atoms with Crippen LogP contribution in [0.2, 0.25) is 0 Å². The monoisotopic (exact) mass is 382 g/mol. The van der Waals surface area contributed by atoms with Crippen LogP contribution in [-0.2, 0) is 7.05 Å². The second-order valence-corrected chi connectivity index (χ2v) is 8.39. The maximum absolute atomic E-state index is 4.58. The Morgan fingerprint density at radius 1 is 1.25 bits per heavy atom. The van der Waals surface area contributed by atoms with Gasteiger partial charge in [0.05, 0.1) is 0 Å². The number of pyridine rings is 1. The van der Waals surface area contributed by atoms with Crippen molar-refractivity contribution < 1.29 is 0 Å². The Kier molecular flexibility index (Phi) is 7.41. The van der Waals surface area contributed by atoms with Crippen LogP contribution in [0.5, 0.6) is 0 Å². The molecule has 1 aliphatic heterocycles. The Morgan fingerprint density at radius 2 is 2.04 bits per heavy atom. The van der Waals surface area contributed by atoms with Gasteiger partial charge in [-0.05, 0) is 55.2 Å². The summed E-state index contributed by atoms with van der Waals surface area (Å²) in [5.41, 5.74) is 5.09. The molecule has 0 amide bonds. The predicted octanol–water partition coefficient (Wildman–Crippen LogP) is 5.12. The van der Waals surface area contributed by atoms with Gasteiger partial charge in [-0.1, -0.05) is 45.6 Å². The molecule has 1 atom stereocenters. The largest absolute Gasteiger partial charge is 0.368 e. The van der Waals surface area contributed by atoms with Crippen molar-refractivity contribution in [2.75, 3.05) is 18.4 Å². The lowest BCUT2D eigenvalue weighted by molar-refractivity contribution is 0.287. The molecule has 2 N–H and O–H groups in total. The van der Waals surface area contributed by atoms with Crippen molar-refractivity contribution >= 4 is 5.69 Å². The van der Waals surface area contributed by atoms with E-state index in [1.54, 1.807) is 5.57 Å². The summed E-state index contributed by atoms with van der Waals surface area (Å²) in [6.45, 7) is 8.54. The summed E-state index contributed by atoms with van der Waals surface area (Å²) in [4.78, 5) is 4.58. The van der Waals surface area contributed by atoms with E-state index < -0.39 is 0 Å². The second-order valence-electron chi connectivity index (χ2n) is 8.39. The minimum absolute atomic E-state index is 0.687. The zero-order chi connectivity index (χ0) is 19.9. The highest BCUT2D eigenvalue weighted by Crippen LogP contribution is 2.35. The normalized spacial score (nSPS) is 20.0. The summed E-state index contributed by atoms with van der Waals surface area (Å²) in [6.07, 6.45) is 13.9. The van der Waals surface area contributed by atoms with Crippen molar-refractivity contribution in [2.24, 2.45) is 23.9 Å². The fraction of sp³-hybridized carbons (Fsp3) is 0.625. The summed E-state index contributed by atoms with van der Waals surface area (Å²) in [7, 11) is 2.04. The number of nitrogens with zero attached hydrogens (tertiary/aromatic N) is 2. The molecule has 3 rings (SSSR count). The predicted molar refractivity (Wildman–Crippen MR) is 119 cm³/mol. The molecule has 2 heterocycles. The number of nitrogens with one attached hydrogen (secondary N) is 2. The van der Waals surface area contributed by atoms with Crippen molar-refractivity contribution in [1.29, 1.82) is 0 Å². The van der Waals surface area contributed by atoms with Crippen LogP contribution in [0.15, 0.2) is 46.4 Å². The van der Waals surface area contributed by atoms with Crippen molar-refractivity contribution in [3.8, 4) is 0 Å². The van der Waals surface area contributed by atoms with Crippen LogP contribution in [-0.4, -0.2) is 17.7 Å². The van der Waals surface area contributed by atoms with Crippen molar-refractivity contribution in [3.05, 3.63) is 46.9 Å². The van der Waals surface area contributed by atoms with E-state index in [-0.39, 0.29) is 0 Å². The number of hydrogen-bond acceptors (Lipinski definition) is 3. The first-order valence-corrected chi connectivity index (χ1v) is 11.2. The highest BCUT2D eigenvalue weighted by atomic mass is 15.1. The van der Waals surface area contributed by atoms with Gasteiger partial charge in [-0.15, -0.1) is 0 Å². The maximum Gasteiger partial charge on any atom is 0.129 e. The molecule has 0 bridgehead atoms. The number of allylic oxidation sites excluding steroid dienone is 2. The van der Waals surface area contributed by atoms with Gasteiger partial charge in [-0.3, -0.25) is 4.99 Å². The van der Waals surface area contributed by atoms with E-state index in [9.17, 15) is 0 Å². The van der Waals surface area contributed by atoms with Gasteiger partial charge in [-0.2, -0.15) is 0 Å². The van der Waals surface area contributed by atoms with E-state index in [1.165, 1.54) is 37.7 Å². The van der Waals surface area contributed by atoms with Gasteiger partial charge in [-0.25, -0.2) is 0 Å². The minimum atomic E-state index is 0.687. The molecule has 1 unspecified atom stereocenters. The smallest absolute Gasteiger partial charge is 0.129 e. The van der Waals surface area contributed by atoms with Gasteiger partial charge in [0, 0.05) is 38.1 Å². The number of aryl methyl sites for hydroxylation is 1. The van der Waals surface area contributed by atoms with Gasteiger partial charge in [0.2, 0.25) is 0 Å². The first-order valence-electron chi connectivity index (χ1n) is 11.2. The molecular formula is C24H38N4. The van der Waals surface area contributed by atoms with E-state index in [1.807, 2.05) is 7.05 Å². The van der Waals surface area contributed by atoms with E-state index in [0.29, 0.717) is 5.92 Å². The Labute approximate surface area is 170 Å². The van der Waals surface area contributed by atoms with Crippen LogP contribution in [0.3, 0.4) is 0 Å². The fourth-order valence-electron chi connectivity index (χ4n) is 4.57. The number of anilines is 1. The lowest BCUT2D eigenvalue weighted by atomic mass is 9.76. The molecule has 1 aromatic heterocycles. The Bertz CT molecular complexity index is 778. The molecule has 28 heavy (non-hydrogen) atoms. The number of rotatable bonds is 7. The van der Waals surface area contributed by atoms with Crippen molar-refractivity contribution in [3.63, 3.8) is 0 Å². The Morgan fingerprint density at radius 3 is 2.75 bits per heavy atom. The summed E-state index contributed by atoms with van der Waals surface area (Å²) < 4.78 is 2.06. The zero-order valence-electron chi connectivity index (χ0n) is 18.2. The van der Waals surface area contributed by atoms with Gasteiger partial charge < -0.3 is 15.2 Å². The third-order valence-electron chi connectivity index (χ3n) is 6.32. The Hall–Kier alpha value is -1.97. The average Bonchev–Trinajstić information content (AvgIpc) is 2.72. The molecule has 4 nitrogen and oxygen atoms in total. The molecule has 1 fully saturated rings.